The average Bonchev–Trinajstić information content (AvgIpc) is 2.65. The summed E-state index contributed by atoms with van der Waals surface area (Å²) in [6, 6.07) is 4.53. The van der Waals surface area contributed by atoms with Crippen molar-refractivity contribution in [3.05, 3.63) is 28.8 Å². The lowest BCUT2D eigenvalue weighted by atomic mass is 9.31. The zero-order valence-electron chi connectivity index (χ0n) is 19.6. The molecule has 166 valence electrons. The van der Waals surface area contributed by atoms with E-state index in [4.69, 9.17) is 0 Å². The van der Waals surface area contributed by atoms with E-state index in [1.165, 1.54) is 17.5 Å². The summed E-state index contributed by atoms with van der Waals surface area (Å²) < 4.78 is 0. The molecule has 0 amide bonds. The molecule has 1 aromatic rings. The Bertz CT molecular complexity index is 905. The first-order valence-electron chi connectivity index (χ1n) is 11.9. The Morgan fingerprint density at radius 1 is 1.13 bits per heavy atom. The van der Waals surface area contributed by atoms with Gasteiger partial charge in [-0.05, 0) is 103 Å². The fourth-order valence-corrected chi connectivity index (χ4v) is 9.56. The van der Waals surface area contributed by atoms with Gasteiger partial charge in [-0.15, -0.1) is 9.24 Å². The molecule has 0 radical (unpaired) electrons. The van der Waals surface area contributed by atoms with E-state index in [-0.39, 0.29) is 27.3 Å². The Hall–Kier alpha value is -0.630. The Kier molecular flexibility index (Phi) is 4.27. The second kappa shape index (κ2) is 6.03. The molecule has 4 fully saturated rings. The summed E-state index contributed by atoms with van der Waals surface area (Å²) in [6.45, 7) is 14.3. The maximum absolute atomic E-state index is 11.9. The Balaban J connectivity index is 1.77. The predicted molar refractivity (Wildman–Crippen MR) is 126 cm³/mol. The molecule has 3 N–H and O–H groups in total. The molecule has 4 heteroatoms. The molecular formula is C26H40NO2P. The van der Waals surface area contributed by atoms with Crippen LogP contribution in [0.4, 0.5) is 0 Å². The van der Waals surface area contributed by atoms with Gasteiger partial charge in [0.25, 0.3) is 0 Å². The molecular weight excluding hydrogens is 389 g/mol. The average molecular weight is 430 g/mol. The number of benzene rings is 1. The molecule has 4 aliphatic carbocycles. The third-order valence-electron chi connectivity index (χ3n) is 10.8. The molecule has 1 heterocycles. The molecule has 8 atom stereocenters. The van der Waals surface area contributed by atoms with Gasteiger partial charge in [-0.25, -0.2) is 0 Å². The van der Waals surface area contributed by atoms with E-state index in [2.05, 4.69) is 62.2 Å². The highest BCUT2D eigenvalue weighted by Crippen LogP contribution is 2.76. The van der Waals surface area contributed by atoms with Crippen LogP contribution in [0.3, 0.4) is 0 Å². The van der Waals surface area contributed by atoms with Gasteiger partial charge in [-0.3, -0.25) is 0 Å². The van der Waals surface area contributed by atoms with Crippen molar-refractivity contribution in [3.63, 3.8) is 0 Å². The highest BCUT2D eigenvalue weighted by atomic mass is 31.0. The van der Waals surface area contributed by atoms with Gasteiger partial charge < -0.3 is 15.5 Å². The van der Waals surface area contributed by atoms with Gasteiger partial charge in [-0.2, -0.15) is 0 Å². The van der Waals surface area contributed by atoms with E-state index in [1.807, 2.05) is 6.07 Å². The largest absolute Gasteiger partial charge is 0.508 e. The summed E-state index contributed by atoms with van der Waals surface area (Å²) in [4.78, 5) is 0. The van der Waals surface area contributed by atoms with E-state index in [1.54, 1.807) is 0 Å². The number of rotatable bonds is 1. The number of hydrogen-bond donors (Lipinski definition) is 3. The van der Waals surface area contributed by atoms with Gasteiger partial charge in [0, 0.05) is 11.5 Å². The number of fused-ring (bicyclic) bond motifs is 3. The molecule has 8 unspecified atom stereocenters. The molecule has 1 saturated heterocycles. The molecule has 1 aromatic carbocycles. The quantitative estimate of drug-likeness (QED) is 0.567. The smallest absolute Gasteiger partial charge is 0.118 e. The highest BCUT2D eigenvalue weighted by Gasteiger charge is 2.75. The molecule has 6 rings (SSSR count). The van der Waals surface area contributed by atoms with Crippen LogP contribution < -0.4 is 5.32 Å². The summed E-state index contributed by atoms with van der Waals surface area (Å²) in [5.74, 6) is 1.12. The minimum absolute atomic E-state index is 0.00688. The Labute approximate surface area is 184 Å². The van der Waals surface area contributed by atoms with Gasteiger partial charge in [-0.1, -0.05) is 33.8 Å². The van der Waals surface area contributed by atoms with Crippen LogP contribution in [-0.2, 0) is 11.8 Å². The van der Waals surface area contributed by atoms with Crippen molar-refractivity contribution in [1.29, 1.82) is 0 Å². The minimum atomic E-state index is -0.736. The van der Waals surface area contributed by atoms with E-state index < -0.39 is 5.60 Å². The number of phenols is 1. The summed E-state index contributed by atoms with van der Waals surface area (Å²) in [7, 11) is 3.30. The van der Waals surface area contributed by atoms with Gasteiger partial charge in [0.2, 0.25) is 0 Å². The first-order valence-corrected chi connectivity index (χ1v) is 12.5. The number of nitrogens with one attached hydrogen (secondary N) is 1. The van der Waals surface area contributed by atoms with Gasteiger partial charge in [0.1, 0.15) is 5.75 Å². The Morgan fingerprint density at radius 3 is 2.50 bits per heavy atom. The standard InChI is InChI=1S/C26H40NO2P/c1-15-18(28)8-7-17-13-20-24-9-10-26(30,19(14-24)23(6,29)22(3,4)5)16(2)25(24,21(15)17)11-12-27-20/h7-8,16,19-20,27-29H,9-14,30H2,1-6H3. The van der Waals surface area contributed by atoms with Gasteiger partial charge >= 0.3 is 0 Å². The van der Waals surface area contributed by atoms with Crippen LogP contribution in [0, 0.1) is 29.6 Å². The molecule has 4 bridgehead atoms. The van der Waals surface area contributed by atoms with Crippen molar-refractivity contribution in [2.24, 2.45) is 22.7 Å². The van der Waals surface area contributed by atoms with Crippen molar-refractivity contribution >= 4 is 9.24 Å². The molecule has 30 heavy (non-hydrogen) atoms. The zero-order chi connectivity index (χ0) is 21.9. The fourth-order valence-electron chi connectivity index (χ4n) is 8.69. The van der Waals surface area contributed by atoms with Crippen LogP contribution in [0.15, 0.2) is 12.1 Å². The minimum Gasteiger partial charge on any atom is -0.508 e. The monoisotopic (exact) mass is 429 g/mol. The second-order valence-corrected chi connectivity index (χ2v) is 13.4. The number of aromatic hydroxyl groups is 1. The summed E-state index contributed by atoms with van der Waals surface area (Å²) in [6.07, 6.45) is 5.60. The molecule has 3 saturated carbocycles. The van der Waals surface area contributed by atoms with Crippen LogP contribution in [0.1, 0.15) is 77.0 Å². The van der Waals surface area contributed by atoms with E-state index in [9.17, 15) is 10.2 Å². The van der Waals surface area contributed by atoms with E-state index in [0.29, 0.717) is 17.7 Å². The summed E-state index contributed by atoms with van der Waals surface area (Å²) >= 11 is 0. The lowest BCUT2D eigenvalue weighted by Gasteiger charge is -2.77. The molecule has 3 nitrogen and oxygen atoms in total. The molecule has 0 aromatic heterocycles. The highest BCUT2D eigenvalue weighted by molar-refractivity contribution is 7.19. The SMILES string of the molecule is Cc1c(O)ccc2c1C13CCNC(C2)C12CCC(P)(C(C(C)(O)C(C)(C)C)C2)C3C. The maximum atomic E-state index is 11.9. The lowest BCUT2D eigenvalue weighted by molar-refractivity contribution is -0.208. The number of piperidine rings is 1. The van der Waals surface area contributed by atoms with Crippen LogP contribution >= 0.6 is 9.24 Å². The van der Waals surface area contributed by atoms with Crippen molar-refractivity contribution in [1.82, 2.24) is 5.32 Å². The predicted octanol–water partition coefficient (Wildman–Crippen LogP) is 4.70. The molecule has 1 spiro atoms. The zero-order valence-corrected chi connectivity index (χ0v) is 20.8. The van der Waals surface area contributed by atoms with E-state index in [0.717, 1.165) is 37.8 Å². The van der Waals surface area contributed by atoms with Crippen LogP contribution in [0.25, 0.3) is 0 Å². The maximum Gasteiger partial charge on any atom is 0.118 e. The number of hydrogen-bond acceptors (Lipinski definition) is 3. The normalized spacial score (nSPS) is 44.2. The molecule has 5 aliphatic rings. The first kappa shape index (κ1) is 21.2. The summed E-state index contributed by atoms with van der Waals surface area (Å²) in [5.41, 5.74) is 3.29. The summed E-state index contributed by atoms with van der Waals surface area (Å²) in [5, 5.41) is 26.6. The van der Waals surface area contributed by atoms with Crippen LogP contribution in [-0.4, -0.2) is 33.6 Å². The first-order chi connectivity index (χ1) is 13.8. The lowest BCUT2D eigenvalue weighted by Crippen LogP contribution is -2.79. The van der Waals surface area contributed by atoms with E-state index >= 15 is 0 Å². The van der Waals surface area contributed by atoms with Crippen molar-refractivity contribution in [3.8, 4) is 5.75 Å². The van der Waals surface area contributed by atoms with Gasteiger partial charge in [0.15, 0.2) is 0 Å². The van der Waals surface area contributed by atoms with Gasteiger partial charge in [0.05, 0.1) is 5.60 Å². The van der Waals surface area contributed by atoms with Crippen molar-refractivity contribution in [2.75, 3.05) is 6.54 Å². The second-order valence-electron chi connectivity index (χ2n) is 12.3. The topological polar surface area (TPSA) is 52.5 Å². The third kappa shape index (κ3) is 2.18. The number of aliphatic hydroxyl groups is 1. The van der Waals surface area contributed by atoms with Crippen LogP contribution in [0.2, 0.25) is 0 Å². The Morgan fingerprint density at radius 2 is 1.83 bits per heavy atom. The van der Waals surface area contributed by atoms with Crippen molar-refractivity contribution in [2.45, 2.75) is 95.9 Å². The fraction of sp³-hybridized carbons (Fsp3) is 0.769. The van der Waals surface area contributed by atoms with Crippen molar-refractivity contribution < 1.29 is 10.2 Å². The molecule has 1 aliphatic heterocycles. The van der Waals surface area contributed by atoms with Crippen LogP contribution in [0.5, 0.6) is 5.75 Å². The number of phenolic OH excluding ortho intramolecular Hbond substituents is 1. The third-order valence-corrected chi connectivity index (χ3v) is 12.0.